The van der Waals surface area contributed by atoms with Crippen molar-refractivity contribution >= 4 is 16.7 Å². The fraction of sp³-hybridized carbons (Fsp3) is 0.261. The van der Waals surface area contributed by atoms with E-state index in [1.807, 2.05) is 36.2 Å². The Morgan fingerprint density at radius 3 is 2.50 bits per heavy atom. The van der Waals surface area contributed by atoms with Crippen LogP contribution in [0.4, 0.5) is 4.39 Å². The molecule has 0 heterocycles. The van der Waals surface area contributed by atoms with E-state index in [-0.39, 0.29) is 18.3 Å². The number of likely N-dealkylation sites (N-methyl/N-ethyl adjacent to an activating group) is 1. The Balaban J connectivity index is 1.54. The summed E-state index contributed by atoms with van der Waals surface area (Å²) >= 11 is 0. The number of carbonyl (C=O) groups excluding carboxylic acids is 1. The molecule has 0 spiro atoms. The molecule has 0 saturated heterocycles. The zero-order valence-electron chi connectivity index (χ0n) is 16.5. The van der Waals surface area contributed by atoms with Crippen LogP contribution in [0.25, 0.3) is 10.8 Å². The Bertz CT molecular complexity index is 987. The van der Waals surface area contributed by atoms with Crippen molar-refractivity contribution in [3.8, 4) is 5.75 Å². The number of rotatable bonds is 7. The van der Waals surface area contributed by atoms with Gasteiger partial charge in [-0.3, -0.25) is 9.69 Å². The van der Waals surface area contributed by atoms with Gasteiger partial charge in [-0.2, -0.15) is 0 Å². The van der Waals surface area contributed by atoms with E-state index in [1.54, 1.807) is 20.1 Å². The van der Waals surface area contributed by atoms with Crippen molar-refractivity contribution in [1.29, 1.82) is 0 Å². The largest absolute Gasteiger partial charge is 0.497 e. The lowest BCUT2D eigenvalue weighted by atomic mass is 10.1. The molecular weight excluding hydrogens is 355 g/mol. The van der Waals surface area contributed by atoms with Crippen LogP contribution >= 0.6 is 0 Å². The summed E-state index contributed by atoms with van der Waals surface area (Å²) < 4.78 is 18.8. The first-order valence-electron chi connectivity index (χ1n) is 9.21. The monoisotopic (exact) mass is 380 g/mol. The summed E-state index contributed by atoms with van der Waals surface area (Å²) in [4.78, 5) is 14.1. The number of benzene rings is 3. The molecule has 1 N–H and O–H groups in total. The number of halogens is 1. The molecule has 28 heavy (non-hydrogen) atoms. The Kier molecular flexibility index (Phi) is 6.26. The summed E-state index contributed by atoms with van der Waals surface area (Å²) in [6.45, 7) is 2.97. The highest BCUT2D eigenvalue weighted by Gasteiger charge is 2.08. The maximum Gasteiger partial charge on any atom is 0.234 e. The third kappa shape index (κ3) is 5.08. The van der Waals surface area contributed by atoms with E-state index in [0.717, 1.165) is 27.6 Å². The Morgan fingerprint density at radius 2 is 1.75 bits per heavy atom. The predicted molar refractivity (Wildman–Crippen MR) is 110 cm³/mol. The van der Waals surface area contributed by atoms with Gasteiger partial charge in [-0.25, -0.2) is 4.39 Å². The second kappa shape index (κ2) is 8.85. The Morgan fingerprint density at radius 1 is 1.04 bits per heavy atom. The zero-order valence-corrected chi connectivity index (χ0v) is 16.5. The van der Waals surface area contributed by atoms with E-state index in [9.17, 15) is 9.18 Å². The third-order valence-corrected chi connectivity index (χ3v) is 4.70. The highest BCUT2D eigenvalue weighted by molar-refractivity contribution is 5.84. The molecule has 0 atom stereocenters. The minimum Gasteiger partial charge on any atom is -0.497 e. The molecule has 0 aliphatic heterocycles. The molecular formula is C23H25FN2O2. The molecule has 0 fully saturated rings. The fourth-order valence-corrected chi connectivity index (χ4v) is 3.11. The maximum atomic E-state index is 13.6. The average molecular weight is 380 g/mol. The van der Waals surface area contributed by atoms with Crippen LogP contribution in [0.15, 0.2) is 54.6 Å². The normalized spacial score (nSPS) is 11.0. The smallest absolute Gasteiger partial charge is 0.234 e. The van der Waals surface area contributed by atoms with Gasteiger partial charge in [-0.15, -0.1) is 0 Å². The highest BCUT2D eigenvalue weighted by atomic mass is 19.1. The van der Waals surface area contributed by atoms with Crippen molar-refractivity contribution in [2.75, 3.05) is 20.7 Å². The summed E-state index contributed by atoms with van der Waals surface area (Å²) in [6.07, 6.45) is 0. The van der Waals surface area contributed by atoms with Crippen molar-refractivity contribution in [3.63, 3.8) is 0 Å². The van der Waals surface area contributed by atoms with Gasteiger partial charge in [0.15, 0.2) is 0 Å². The van der Waals surface area contributed by atoms with E-state index in [4.69, 9.17) is 4.74 Å². The summed E-state index contributed by atoms with van der Waals surface area (Å²) in [5, 5.41) is 5.10. The van der Waals surface area contributed by atoms with Gasteiger partial charge in [0.25, 0.3) is 0 Å². The average Bonchev–Trinajstić information content (AvgIpc) is 2.68. The molecule has 4 nitrogen and oxygen atoms in total. The van der Waals surface area contributed by atoms with Crippen LogP contribution in [0.1, 0.15) is 16.7 Å². The van der Waals surface area contributed by atoms with Crippen LogP contribution in [-0.2, 0) is 17.9 Å². The van der Waals surface area contributed by atoms with Crippen molar-refractivity contribution in [3.05, 3.63) is 77.1 Å². The standard InChI is InChI=1S/C23H25FN2O2/c1-16-4-5-17(11-22(16)24)13-25-23(27)15-26(2)14-18-6-7-20-12-21(28-3)9-8-19(20)10-18/h4-12H,13-15H2,1-3H3,(H,25,27). The molecule has 3 aromatic carbocycles. The third-order valence-electron chi connectivity index (χ3n) is 4.70. The summed E-state index contributed by atoms with van der Waals surface area (Å²) in [6, 6.07) is 17.2. The molecule has 0 aromatic heterocycles. The van der Waals surface area contributed by atoms with Gasteiger partial charge in [0.2, 0.25) is 5.91 Å². The first kappa shape index (κ1) is 19.8. The lowest BCUT2D eigenvalue weighted by molar-refractivity contribution is -0.122. The lowest BCUT2D eigenvalue weighted by Crippen LogP contribution is -2.34. The van der Waals surface area contributed by atoms with Crippen molar-refractivity contribution in [2.24, 2.45) is 0 Å². The Hall–Kier alpha value is -2.92. The molecule has 3 aromatic rings. The lowest BCUT2D eigenvalue weighted by Gasteiger charge is -2.17. The van der Waals surface area contributed by atoms with Crippen LogP contribution in [0.5, 0.6) is 5.75 Å². The Labute approximate surface area is 164 Å². The zero-order chi connectivity index (χ0) is 20.1. The molecule has 146 valence electrons. The molecule has 0 aliphatic carbocycles. The molecule has 0 saturated carbocycles. The fourth-order valence-electron chi connectivity index (χ4n) is 3.11. The number of amides is 1. The number of carbonyl (C=O) groups is 1. The van der Waals surface area contributed by atoms with E-state index in [0.29, 0.717) is 18.7 Å². The van der Waals surface area contributed by atoms with Gasteiger partial charge in [0.1, 0.15) is 11.6 Å². The SMILES string of the molecule is COc1ccc2cc(CN(C)CC(=O)NCc3ccc(C)c(F)c3)ccc2c1. The molecule has 0 bridgehead atoms. The van der Waals surface area contributed by atoms with Crippen LogP contribution in [0.3, 0.4) is 0 Å². The minimum absolute atomic E-state index is 0.0889. The summed E-state index contributed by atoms with van der Waals surface area (Å²) in [7, 11) is 3.56. The van der Waals surface area contributed by atoms with Crippen LogP contribution in [0.2, 0.25) is 0 Å². The number of ether oxygens (including phenoxy) is 1. The van der Waals surface area contributed by atoms with Gasteiger partial charge in [-0.05, 0) is 65.7 Å². The highest BCUT2D eigenvalue weighted by Crippen LogP contribution is 2.22. The number of nitrogens with zero attached hydrogens (tertiary/aromatic N) is 1. The van der Waals surface area contributed by atoms with E-state index in [1.165, 1.54) is 6.07 Å². The van der Waals surface area contributed by atoms with E-state index >= 15 is 0 Å². The second-order valence-electron chi connectivity index (χ2n) is 7.08. The predicted octanol–water partition coefficient (Wildman–Crippen LogP) is 4.04. The minimum atomic E-state index is -0.252. The van der Waals surface area contributed by atoms with Crippen molar-refractivity contribution < 1.29 is 13.9 Å². The number of fused-ring (bicyclic) bond motifs is 1. The number of methoxy groups -OCH3 is 1. The summed E-state index contributed by atoms with van der Waals surface area (Å²) in [5.41, 5.74) is 2.49. The molecule has 0 aliphatic rings. The van der Waals surface area contributed by atoms with Gasteiger partial charge < -0.3 is 10.1 Å². The maximum absolute atomic E-state index is 13.6. The molecule has 0 radical (unpaired) electrons. The molecule has 0 unspecified atom stereocenters. The van der Waals surface area contributed by atoms with Gasteiger partial charge >= 0.3 is 0 Å². The number of aryl methyl sites for hydroxylation is 1. The number of hydrogen-bond acceptors (Lipinski definition) is 3. The van der Waals surface area contributed by atoms with Crippen LogP contribution in [-0.4, -0.2) is 31.5 Å². The number of hydrogen-bond donors (Lipinski definition) is 1. The van der Waals surface area contributed by atoms with Crippen molar-refractivity contribution in [2.45, 2.75) is 20.0 Å². The van der Waals surface area contributed by atoms with E-state index in [2.05, 4.69) is 23.5 Å². The first-order valence-corrected chi connectivity index (χ1v) is 9.21. The summed E-state index contributed by atoms with van der Waals surface area (Å²) in [5.74, 6) is 0.495. The van der Waals surface area contributed by atoms with E-state index < -0.39 is 0 Å². The topological polar surface area (TPSA) is 41.6 Å². The van der Waals surface area contributed by atoms with Gasteiger partial charge in [-0.1, -0.05) is 30.3 Å². The number of nitrogens with one attached hydrogen (secondary N) is 1. The van der Waals surface area contributed by atoms with Gasteiger partial charge in [0.05, 0.1) is 13.7 Å². The first-order chi connectivity index (χ1) is 13.4. The van der Waals surface area contributed by atoms with Gasteiger partial charge in [0, 0.05) is 13.1 Å². The van der Waals surface area contributed by atoms with Crippen molar-refractivity contribution in [1.82, 2.24) is 10.2 Å². The molecule has 3 rings (SSSR count). The van der Waals surface area contributed by atoms with Crippen LogP contribution in [0, 0.1) is 12.7 Å². The quantitative estimate of drug-likeness (QED) is 0.673. The molecule has 5 heteroatoms. The van der Waals surface area contributed by atoms with Crippen LogP contribution < -0.4 is 10.1 Å². The second-order valence-corrected chi connectivity index (χ2v) is 7.08. The molecule has 1 amide bonds.